The molecule has 0 N–H and O–H groups in total. The molecule has 7 rings (SSSR count). The highest BCUT2D eigenvalue weighted by Crippen LogP contribution is 2.20. The molecule has 0 aliphatic carbocycles. The van der Waals surface area contributed by atoms with Crippen molar-refractivity contribution in [2.45, 2.75) is 19.6 Å². The average Bonchev–Trinajstić information content (AvgIpc) is 3.06. The molecule has 5 nitrogen and oxygen atoms in total. The zero-order chi connectivity index (χ0) is 28.8. The zero-order valence-corrected chi connectivity index (χ0v) is 24.1. The van der Waals surface area contributed by atoms with Gasteiger partial charge in [0.1, 0.15) is 0 Å². The van der Waals surface area contributed by atoms with E-state index in [2.05, 4.69) is 143 Å². The van der Waals surface area contributed by atoms with E-state index in [1.165, 1.54) is 5.69 Å². The smallest absolute Gasteiger partial charge is 0.0706 e. The number of benzene rings is 4. The van der Waals surface area contributed by atoms with Crippen molar-refractivity contribution in [2.75, 3.05) is 18.0 Å². The van der Waals surface area contributed by atoms with E-state index in [0.29, 0.717) is 0 Å². The number of nitrogens with zero attached hydrogens (tertiary/aromatic N) is 5. The molecule has 0 unspecified atom stereocenters. The molecule has 0 fully saturated rings. The first-order chi connectivity index (χ1) is 21.3. The minimum atomic E-state index is 0.727. The lowest BCUT2D eigenvalue weighted by molar-refractivity contribution is 0.256. The summed E-state index contributed by atoms with van der Waals surface area (Å²) in [4.78, 5) is 19.9. The Morgan fingerprint density at radius 2 is 0.791 bits per heavy atom. The normalized spacial score (nSPS) is 11.5. The van der Waals surface area contributed by atoms with Crippen molar-refractivity contribution < 1.29 is 0 Å². The quantitative estimate of drug-likeness (QED) is 0.170. The second-order valence-corrected chi connectivity index (χ2v) is 11.0. The van der Waals surface area contributed by atoms with Gasteiger partial charge in [-0.1, -0.05) is 91.0 Å². The van der Waals surface area contributed by atoms with Gasteiger partial charge in [-0.25, -0.2) is 0 Å². The van der Waals surface area contributed by atoms with Crippen LogP contribution in [-0.2, 0) is 19.6 Å². The van der Waals surface area contributed by atoms with Crippen molar-refractivity contribution in [2.24, 2.45) is 0 Å². The minimum absolute atomic E-state index is 0.727. The van der Waals surface area contributed by atoms with E-state index in [9.17, 15) is 0 Å². The van der Waals surface area contributed by atoms with Gasteiger partial charge in [0.05, 0.1) is 40.2 Å². The SMILES string of the molecule is c1ccc(N(CCN(Cc2ccc3ccccc3n2)Cc2ccc3ccccc3n2)Cc2ccc3ccccc3n2)cc1. The van der Waals surface area contributed by atoms with Crippen molar-refractivity contribution in [3.63, 3.8) is 0 Å². The summed E-state index contributed by atoms with van der Waals surface area (Å²) in [5.41, 5.74) is 7.43. The van der Waals surface area contributed by atoms with Crippen LogP contribution in [0.1, 0.15) is 17.1 Å². The maximum Gasteiger partial charge on any atom is 0.0706 e. The highest BCUT2D eigenvalue weighted by atomic mass is 15.2. The Morgan fingerprint density at radius 1 is 0.372 bits per heavy atom. The molecule has 0 spiro atoms. The topological polar surface area (TPSA) is 45.2 Å². The van der Waals surface area contributed by atoms with Gasteiger partial charge in [-0.2, -0.15) is 0 Å². The molecule has 0 radical (unpaired) electrons. The predicted octanol–water partition coefficient (Wildman–Crippen LogP) is 8.04. The van der Waals surface area contributed by atoms with Gasteiger partial charge in [-0.05, 0) is 48.5 Å². The molecule has 3 aromatic heterocycles. The molecular formula is C38H33N5. The molecule has 0 amide bonds. The molecule has 0 atom stereocenters. The van der Waals surface area contributed by atoms with Gasteiger partial charge in [0.2, 0.25) is 0 Å². The molecule has 7 aromatic rings. The van der Waals surface area contributed by atoms with Gasteiger partial charge in [0, 0.05) is 48.0 Å². The Labute approximate surface area is 252 Å². The van der Waals surface area contributed by atoms with Gasteiger partial charge in [-0.3, -0.25) is 19.9 Å². The number of para-hydroxylation sites is 4. The van der Waals surface area contributed by atoms with Crippen LogP contribution in [0.25, 0.3) is 32.7 Å². The van der Waals surface area contributed by atoms with Gasteiger partial charge in [-0.15, -0.1) is 0 Å². The van der Waals surface area contributed by atoms with E-state index in [1.54, 1.807) is 0 Å². The number of pyridine rings is 3. The highest BCUT2D eigenvalue weighted by Gasteiger charge is 2.15. The van der Waals surface area contributed by atoms with Crippen LogP contribution in [0.3, 0.4) is 0 Å². The summed E-state index contributed by atoms with van der Waals surface area (Å²) in [5, 5.41) is 3.48. The van der Waals surface area contributed by atoms with Crippen LogP contribution in [0.4, 0.5) is 5.69 Å². The second-order valence-electron chi connectivity index (χ2n) is 11.0. The molecule has 5 heteroatoms. The molecule has 0 saturated carbocycles. The fourth-order valence-electron chi connectivity index (χ4n) is 5.66. The number of hydrogen-bond donors (Lipinski definition) is 0. The Balaban J connectivity index is 1.17. The number of anilines is 1. The molecule has 3 heterocycles. The minimum Gasteiger partial charge on any atom is -0.364 e. The Bertz CT molecular complexity index is 1910. The maximum atomic E-state index is 5.00. The monoisotopic (exact) mass is 559 g/mol. The largest absolute Gasteiger partial charge is 0.364 e. The van der Waals surface area contributed by atoms with Crippen LogP contribution >= 0.6 is 0 Å². The summed E-state index contributed by atoms with van der Waals surface area (Å²) in [6.45, 7) is 3.86. The highest BCUT2D eigenvalue weighted by molar-refractivity contribution is 5.79. The van der Waals surface area contributed by atoms with Crippen LogP contribution in [0.5, 0.6) is 0 Å². The van der Waals surface area contributed by atoms with Crippen LogP contribution in [0, 0.1) is 0 Å². The lowest BCUT2D eigenvalue weighted by atomic mass is 10.2. The van der Waals surface area contributed by atoms with Crippen molar-refractivity contribution >= 4 is 38.4 Å². The Morgan fingerprint density at radius 3 is 1.28 bits per heavy atom. The maximum absolute atomic E-state index is 5.00. The van der Waals surface area contributed by atoms with E-state index in [0.717, 1.165) is 82.5 Å². The van der Waals surface area contributed by atoms with Crippen LogP contribution in [-0.4, -0.2) is 32.9 Å². The van der Waals surface area contributed by atoms with Crippen molar-refractivity contribution in [1.82, 2.24) is 19.9 Å². The number of rotatable bonds is 10. The van der Waals surface area contributed by atoms with E-state index in [1.807, 2.05) is 6.07 Å². The standard InChI is InChI=1S/C38H33N5/c1-2-13-35(14-3-1)43(28-34-23-20-31-12-6-9-17-38(31)41-34)25-24-42(26-32-21-18-29-10-4-7-15-36(29)39-32)27-33-22-19-30-11-5-8-16-37(30)40-33/h1-23H,24-28H2. The second kappa shape index (κ2) is 12.4. The van der Waals surface area contributed by atoms with Gasteiger partial charge in [0.25, 0.3) is 0 Å². The molecule has 0 aliphatic heterocycles. The van der Waals surface area contributed by atoms with Crippen molar-refractivity contribution in [3.8, 4) is 0 Å². The van der Waals surface area contributed by atoms with E-state index < -0.39 is 0 Å². The molecule has 210 valence electrons. The number of aromatic nitrogens is 3. The average molecular weight is 560 g/mol. The first-order valence-corrected chi connectivity index (χ1v) is 14.8. The third kappa shape index (κ3) is 6.37. The first-order valence-electron chi connectivity index (χ1n) is 14.8. The molecule has 43 heavy (non-hydrogen) atoms. The zero-order valence-electron chi connectivity index (χ0n) is 24.1. The van der Waals surface area contributed by atoms with Crippen LogP contribution in [0.2, 0.25) is 0 Å². The summed E-state index contributed by atoms with van der Waals surface area (Å²) in [5.74, 6) is 0. The molecular weight excluding hydrogens is 526 g/mol. The lowest BCUT2D eigenvalue weighted by Gasteiger charge is -2.29. The molecule has 0 saturated heterocycles. The molecule has 0 aliphatic rings. The summed E-state index contributed by atoms with van der Waals surface area (Å²) >= 11 is 0. The predicted molar refractivity (Wildman–Crippen MR) is 177 cm³/mol. The number of fused-ring (bicyclic) bond motifs is 3. The summed E-state index contributed by atoms with van der Waals surface area (Å²) in [6, 6.07) is 48.5. The third-order valence-electron chi connectivity index (χ3n) is 7.90. The Kier molecular flexibility index (Phi) is 7.71. The first kappa shape index (κ1) is 26.7. The van der Waals surface area contributed by atoms with Crippen LogP contribution in [0.15, 0.2) is 140 Å². The van der Waals surface area contributed by atoms with E-state index >= 15 is 0 Å². The lowest BCUT2D eigenvalue weighted by Crippen LogP contribution is -2.35. The van der Waals surface area contributed by atoms with E-state index in [4.69, 9.17) is 15.0 Å². The fraction of sp³-hybridized carbons (Fsp3) is 0.132. The van der Waals surface area contributed by atoms with Gasteiger partial charge < -0.3 is 4.90 Å². The van der Waals surface area contributed by atoms with Gasteiger partial charge in [0.15, 0.2) is 0 Å². The third-order valence-corrected chi connectivity index (χ3v) is 7.90. The summed E-state index contributed by atoms with van der Waals surface area (Å²) < 4.78 is 0. The van der Waals surface area contributed by atoms with E-state index in [-0.39, 0.29) is 0 Å². The number of hydrogen-bond acceptors (Lipinski definition) is 5. The summed E-state index contributed by atoms with van der Waals surface area (Å²) in [6.07, 6.45) is 0. The van der Waals surface area contributed by atoms with Gasteiger partial charge >= 0.3 is 0 Å². The fourth-order valence-corrected chi connectivity index (χ4v) is 5.66. The molecule has 4 aromatic carbocycles. The molecule has 0 bridgehead atoms. The summed E-state index contributed by atoms with van der Waals surface area (Å²) in [7, 11) is 0. The Hall–Kier alpha value is -5.13. The van der Waals surface area contributed by atoms with Crippen molar-refractivity contribution in [1.29, 1.82) is 0 Å². The van der Waals surface area contributed by atoms with Crippen LogP contribution < -0.4 is 4.90 Å². The van der Waals surface area contributed by atoms with Crippen molar-refractivity contribution in [3.05, 3.63) is 157 Å².